The van der Waals surface area contributed by atoms with Crippen molar-refractivity contribution in [3.8, 4) is 0 Å². The maximum absolute atomic E-state index is 12.5. The van der Waals surface area contributed by atoms with Gasteiger partial charge in [-0.05, 0) is 36.8 Å². The van der Waals surface area contributed by atoms with Crippen molar-refractivity contribution >= 4 is 17.5 Å². The lowest BCUT2D eigenvalue weighted by molar-refractivity contribution is -0.132. The van der Waals surface area contributed by atoms with Crippen molar-refractivity contribution in [2.45, 2.75) is 6.92 Å². The van der Waals surface area contributed by atoms with Gasteiger partial charge in [0.15, 0.2) is 5.76 Å². The molecule has 6 heteroatoms. The topological polar surface area (TPSA) is 57.0 Å². The maximum Gasteiger partial charge on any atom is 0.289 e. The van der Waals surface area contributed by atoms with Gasteiger partial charge in [0.2, 0.25) is 5.91 Å². The number of amides is 2. The first-order chi connectivity index (χ1) is 12.0. The number of likely N-dealkylation sites (N-methyl/N-ethyl adjacent to an activating group) is 1. The first-order valence-corrected chi connectivity index (χ1v) is 8.43. The zero-order valence-corrected chi connectivity index (χ0v) is 14.6. The van der Waals surface area contributed by atoms with Gasteiger partial charge >= 0.3 is 0 Å². The molecule has 0 unspecified atom stereocenters. The van der Waals surface area contributed by atoms with Crippen molar-refractivity contribution in [2.24, 2.45) is 0 Å². The Morgan fingerprint density at radius 2 is 1.88 bits per heavy atom. The summed E-state index contributed by atoms with van der Waals surface area (Å²) in [4.78, 5) is 30.1. The fourth-order valence-corrected chi connectivity index (χ4v) is 3.00. The third kappa shape index (κ3) is 4.02. The Morgan fingerprint density at radius 1 is 1.12 bits per heavy atom. The SMILES string of the molecule is Cc1cccc(N2CCN(C(=O)CN(C)C(=O)c3ccco3)CC2)c1. The van der Waals surface area contributed by atoms with Crippen LogP contribution in [0.5, 0.6) is 0 Å². The second kappa shape index (κ2) is 7.42. The molecule has 1 aromatic carbocycles. The predicted octanol–water partition coefficient (Wildman–Crippen LogP) is 2.01. The Hall–Kier alpha value is -2.76. The van der Waals surface area contributed by atoms with E-state index in [1.165, 1.54) is 22.4 Å². The molecule has 6 nitrogen and oxygen atoms in total. The Balaban J connectivity index is 1.52. The van der Waals surface area contributed by atoms with E-state index < -0.39 is 0 Å². The van der Waals surface area contributed by atoms with Gasteiger partial charge in [0.1, 0.15) is 0 Å². The fraction of sp³-hybridized carbons (Fsp3) is 0.368. The highest BCUT2D eigenvalue weighted by molar-refractivity contribution is 5.94. The molecule has 2 aromatic rings. The molecule has 0 aliphatic carbocycles. The third-order valence-electron chi connectivity index (χ3n) is 4.45. The summed E-state index contributed by atoms with van der Waals surface area (Å²) in [6.45, 7) is 5.06. The monoisotopic (exact) mass is 341 g/mol. The number of hydrogen-bond donors (Lipinski definition) is 0. The van der Waals surface area contributed by atoms with Crippen LogP contribution in [0.1, 0.15) is 16.1 Å². The fourth-order valence-electron chi connectivity index (χ4n) is 3.00. The van der Waals surface area contributed by atoms with Crippen LogP contribution in [-0.2, 0) is 4.79 Å². The largest absolute Gasteiger partial charge is 0.459 e. The minimum Gasteiger partial charge on any atom is -0.459 e. The van der Waals surface area contributed by atoms with E-state index in [-0.39, 0.29) is 24.1 Å². The van der Waals surface area contributed by atoms with E-state index in [1.807, 2.05) is 4.90 Å². The third-order valence-corrected chi connectivity index (χ3v) is 4.45. The number of aryl methyl sites for hydroxylation is 1. The van der Waals surface area contributed by atoms with Crippen LogP contribution in [0.4, 0.5) is 5.69 Å². The van der Waals surface area contributed by atoms with Crippen molar-refractivity contribution in [1.82, 2.24) is 9.80 Å². The molecule has 1 saturated heterocycles. The number of nitrogens with zero attached hydrogens (tertiary/aromatic N) is 3. The van der Waals surface area contributed by atoms with Gasteiger partial charge in [-0.1, -0.05) is 12.1 Å². The van der Waals surface area contributed by atoms with Gasteiger partial charge in [0.05, 0.1) is 12.8 Å². The van der Waals surface area contributed by atoms with E-state index in [0.717, 1.165) is 13.1 Å². The second-order valence-corrected chi connectivity index (χ2v) is 6.35. The molecule has 2 heterocycles. The number of piperazine rings is 1. The summed E-state index contributed by atoms with van der Waals surface area (Å²) in [5.74, 6) is -0.0670. The Morgan fingerprint density at radius 3 is 2.52 bits per heavy atom. The molecule has 0 bridgehead atoms. The number of hydrogen-bond acceptors (Lipinski definition) is 4. The number of furan rings is 1. The van der Waals surface area contributed by atoms with Crippen LogP contribution >= 0.6 is 0 Å². The summed E-state index contributed by atoms with van der Waals surface area (Å²) in [5, 5.41) is 0. The van der Waals surface area contributed by atoms with Gasteiger partial charge < -0.3 is 19.1 Å². The molecule has 3 rings (SSSR count). The van der Waals surface area contributed by atoms with Crippen molar-refractivity contribution in [3.63, 3.8) is 0 Å². The molecule has 0 radical (unpaired) electrons. The van der Waals surface area contributed by atoms with Crippen LogP contribution in [0.15, 0.2) is 47.1 Å². The van der Waals surface area contributed by atoms with Crippen LogP contribution in [-0.4, -0.2) is 61.4 Å². The average molecular weight is 341 g/mol. The summed E-state index contributed by atoms with van der Waals surface area (Å²) in [5.41, 5.74) is 2.42. The van der Waals surface area contributed by atoms with E-state index in [2.05, 4.69) is 36.1 Å². The molecule has 1 aromatic heterocycles. The molecule has 0 spiro atoms. The van der Waals surface area contributed by atoms with Gasteiger partial charge in [0.25, 0.3) is 5.91 Å². The van der Waals surface area contributed by atoms with Crippen LogP contribution in [0.2, 0.25) is 0 Å². The van der Waals surface area contributed by atoms with Crippen molar-refractivity contribution in [1.29, 1.82) is 0 Å². The molecule has 0 saturated carbocycles. The lowest BCUT2D eigenvalue weighted by Crippen LogP contribution is -2.51. The quantitative estimate of drug-likeness (QED) is 0.854. The first kappa shape index (κ1) is 17.1. The number of benzene rings is 1. The van der Waals surface area contributed by atoms with E-state index in [1.54, 1.807) is 19.2 Å². The minimum atomic E-state index is -0.281. The van der Waals surface area contributed by atoms with Crippen molar-refractivity contribution in [3.05, 3.63) is 54.0 Å². The summed E-state index contributed by atoms with van der Waals surface area (Å²) in [6, 6.07) is 11.7. The summed E-state index contributed by atoms with van der Waals surface area (Å²) < 4.78 is 5.09. The minimum absolute atomic E-state index is 0.0358. The lowest BCUT2D eigenvalue weighted by atomic mass is 10.2. The van der Waals surface area contributed by atoms with E-state index in [9.17, 15) is 9.59 Å². The maximum atomic E-state index is 12.5. The molecule has 2 amide bonds. The second-order valence-electron chi connectivity index (χ2n) is 6.35. The zero-order valence-electron chi connectivity index (χ0n) is 14.6. The van der Waals surface area contributed by atoms with E-state index >= 15 is 0 Å². The Labute approximate surface area is 147 Å². The van der Waals surface area contributed by atoms with Crippen LogP contribution in [0, 0.1) is 6.92 Å². The van der Waals surface area contributed by atoms with E-state index in [0.29, 0.717) is 13.1 Å². The molecule has 1 aliphatic rings. The van der Waals surface area contributed by atoms with Gasteiger partial charge in [-0.3, -0.25) is 9.59 Å². The molecular formula is C19H23N3O3. The molecule has 0 atom stereocenters. The standard InChI is InChI=1S/C19H23N3O3/c1-15-5-3-6-16(13-15)21-8-10-22(11-9-21)18(23)14-20(2)19(24)17-7-4-12-25-17/h3-7,12-13H,8-11,14H2,1-2H3. The van der Waals surface area contributed by atoms with E-state index in [4.69, 9.17) is 4.42 Å². The molecule has 0 N–H and O–H groups in total. The normalized spacial score (nSPS) is 14.5. The highest BCUT2D eigenvalue weighted by Gasteiger charge is 2.24. The molecule has 1 fully saturated rings. The van der Waals surface area contributed by atoms with Crippen molar-refractivity contribution < 1.29 is 14.0 Å². The van der Waals surface area contributed by atoms with Gasteiger partial charge in [-0.25, -0.2) is 0 Å². The lowest BCUT2D eigenvalue weighted by Gasteiger charge is -2.36. The van der Waals surface area contributed by atoms with Gasteiger partial charge in [-0.2, -0.15) is 0 Å². The number of carbonyl (C=O) groups is 2. The first-order valence-electron chi connectivity index (χ1n) is 8.43. The molecule has 25 heavy (non-hydrogen) atoms. The molecule has 132 valence electrons. The number of anilines is 1. The zero-order chi connectivity index (χ0) is 17.8. The summed E-state index contributed by atoms with van der Waals surface area (Å²) in [7, 11) is 1.62. The average Bonchev–Trinajstić information content (AvgIpc) is 3.15. The van der Waals surface area contributed by atoms with Gasteiger partial charge in [-0.15, -0.1) is 0 Å². The predicted molar refractivity (Wildman–Crippen MR) is 95.6 cm³/mol. The Bertz CT molecular complexity index is 734. The highest BCUT2D eigenvalue weighted by atomic mass is 16.3. The number of rotatable bonds is 4. The Kier molecular flexibility index (Phi) is 5.07. The van der Waals surface area contributed by atoms with Gasteiger partial charge in [0, 0.05) is 38.9 Å². The summed E-state index contributed by atoms with van der Waals surface area (Å²) >= 11 is 0. The smallest absolute Gasteiger partial charge is 0.289 e. The summed E-state index contributed by atoms with van der Waals surface area (Å²) in [6.07, 6.45) is 1.45. The van der Waals surface area contributed by atoms with Crippen LogP contribution in [0.25, 0.3) is 0 Å². The highest BCUT2D eigenvalue weighted by Crippen LogP contribution is 2.18. The molecular weight excluding hydrogens is 318 g/mol. The van der Waals surface area contributed by atoms with Crippen LogP contribution in [0.3, 0.4) is 0 Å². The molecule has 1 aliphatic heterocycles. The van der Waals surface area contributed by atoms with Crippen LogP contribution < -0.4 is 4.90 Å². The van der Waals surface area contributed by atoms with Crippen molar-refractivity contribution in [2.75, 3.05) is 44.7 Å². The number of carbonyl (C=O) groups excluding carboxylic acids is 2.